The molecule has 0 spiro atoms. The molecule has 3 aromatic rings. The van der Waals surface area contributed by atoms with Crippen molar-refractivity contribution < 1.29 is 13.6 Å². The maximum absolute atomic E-state index is 13.1. The van der Waals surface area contributed by atoms with Gasteiger partial charge in [0, 0.05) is 13.1 Å². The second-order valence-corrected chi connectivity index (χ2v) is 4.48. The number of carbonyl (C=O) groups is 1. The lowest BCUT2D eigenvalue weighted by Crippen LogP contribution is -2.29. The molecule has 21 heavy (non-hydrogen) atoms. The Hall–Kier alpha value is -2.83. The Kier molecular flexibility index (Phi) is 3.31. The van der Waals surface area contributed by atoms with Gasteiger partial charge >= 0.3 is 5.69 Å². The summed E-state index contributed by atoms with van der Waals surface area (Å²) < 4.78 is 19.5. The number of aromatic nitrogens is 2. The molecule has 3 rings (SSSR count). The number of halogens is 1. The second-order valence-electron chi connectivity index (χ2n) is 4.48. The second kappa shape index (κ2) is 5.28. The van der Waals surface area contributed by atoms with Gasteiger partial charge in [0.2, 0.25) is 0 Å². The number of hydrogen-bond donors (Lipinski definition) is 2. The van der Waals surface area contributed by atoms with Gasteiger partial charge in [0.15, 0.2) is 5.76 Å². The summed E-state index contributed by atoms with van der Waals surface area (Å²) in [6.07, 6.45) is 1.41. The predicted molar refractivity (Wildman–Crippen MR) is 73.6 cm³/mol. The van der Waals surface area contributed by atoms with Gasteiger partial charge in [0.1, 0.15) is 5.82 Å². The summed E-state index contributed by atoms with van der Waals surface area (Å²) >= 11 is 0. The molecule has 0 radical (unpaired) electrons. The average molecular weight is 289 g/mol. The molecule has 7 heteroatoms. The maximum Gasteiger partial charge on any atom is 0.326 e. The fraction of sp³-hybridized carbons (Fsp3) is 0.143. The van der Waals surface area contributed by atoms with E-state index in [4.69, 9.17) is 4.42 Å². The van der Waals surface area contributed by atoms with Gasteiger partial charge in [0.05, 0.1) is 17.3 Å². The first-order chi connectivity index (χ1) is 10.1. The molecule has 2 N–H and O–H groups in total. The number of furan rings is 1. The van der Waals surface area contributed by atoms with Crippen molar-refractivity contribution in [3.8, 4) is 0 Å². The van der Waals surface area contributed by atoms with Crippen LogP contribution < -0.4 is 11.0 Å². The van der Waals surface area contributed by atoms with E-state index in [0.29, 0.717) is 11.0 Å². The molecular weight excluding hydrogens is 277 g/mol. The molecule has 6 nitrogen and oxygen atoms in total. The summed E-state index contributed by atoms with van der Waals surface area (Å²) in [4.78, 5) is 26.1. The topological polar surface area (TPSA) is 80.0 Å². The molecule has 1 aromatic carbocycles. The zero-order chi connectivity index (χ0) is 14.8. The van der Waals surface area contributed by atoms with E-state index in [1.165, 1.54) is 29.0 Å². The van der Waals surface area contributed by atoms with Gasteiger partial charge in [-0.15, -0.1) is 0 Å². The first-order valence-electron chi connectivity index (χ1n) is 6.35. The lowest BCUT2D eigenvalue weighted by Gasteiger charge is -2.05. The van der Waals surface area contributed by atoms with Gasteiger partial charge in [-0.05, 0) is 30.3 Å². The number of H-pyrrole nitrogens is 1. The normalized spacial score (nSPS) is 10.9. The monoisotopic (exact) mass is 289 g/mol. The molecule has 0 aliphatic heterocycles. The Bertz CT molecular complexity index is 833. The van der Waals surface area contributed by atoms with Crippen molar-refractivity contribution in [3.63, 3.8) is 0 Å². The van der Waals surface area contributed by atoms with E-state index in [1.54, 1.807) is 12.1 Å². The molecule has 0 bridgehead atoms. The van der Waals surface area contributed by atoms with Gasteiger partial charge in [-0.1, -0.05) is 0 Å². The van der Waals surface area contributed by atoms with Crippen molar-refractivity contribution in [2.24, 2.45) is 0 Å². The number of hydrogen-bond acceptors (Lipinski definition) is 3. The summed E-state index contributed by atoms with van der Waals surface area (Å²) in [6.45, 7) is 0.528. The van der Waals surface area contributed by atoms with Crippen LogP contribution >= 0.6 is 0 Å². The summed E-state index contributed by atoms with van der Waals surface area (Å²) in [5.74, 6) is -0.552. The third-order valence-corrected chi connectivity index (χ3v) is 3.10. The van der Waals surface area contributed by atoms with Crippen molar-refractivity contribution in [3.05, 3.63) is 58.7 Å². The Balaban J connectivity index is 1.72. The van der Waals surface area contributed by atoms with E-state index in [1.807, 2.05) is 0 Å². The Labute approximate surface area is 118 Å². The van der Waals surface area contributed by atoms with Crippen LogP contribution in [0.5, 0.6) is 0 Å². The van der Waals surface area contributed by atoms with Crippen LogP contribution in [0.3, 0.4) is 0 Å². The van der Waals surface area contributed by atoms with Crippen LogP contribution in [0.2, 0.25) is 0 Å². The Morgan fingerprint density at radius 1 is 1.38 bits per heavy atom. The van der Waals surface area contributed by atoms with Crippen molar-refractivity contribution >= 4 is 16.9 Å². The van der Waals surface area contributed by atoms with Crippen LogP contribution in [-0.4, -0.2) is 22.0 Å². The standard InChI is InChI=1S/C14H12FN3O3/c15-9-3-4-11-10(8-9)17-14(20)18(11)6-5-16-13(19)12-2-1-7-21-12/h1-4,7-8H,5-6H2,(H,16,19)(H,17,20). The molecule has 0 aliphatic carbocycles. The van der Waals surface area contributed by atoms with Crippen LogP contribution in [-0.2, 0) is 6.54 Å². The molecule has 0 saturated carbocycles. The van der Waals surface area contributed by atoms with E-state index in [2.05, 4.69) is 10.3 Å². The quantitative estimate of drug-likeness (QED) is 0.763. The van der Waals surface area contributed by atoms with Crippen LogP contribution in [0.25, 0.3) is 11.0 Å². The predicted octanol–water partition coefficient (Wildman–Crippen LogP) is 1.49. The van der Waals surface area contributed by atoms with Gasteiger partial charge in [-0.3, -0.25) is 9.36 Å². The number of nitrogens with zero attached hydrogens (tertiary/aromatic N) is 1. The van der Waals surface area contributed by atoms with Crippen LogP contribution in [0.4, 0.5) is 4.39 Å². The molecule has 0 fully saturated rings. The minimum Gasteiger partial charge on any atom is -0.459 e. The maximum atomic E-state index is 13.1. The molecule has 0 saturated heterocycles. The van der Waals surface area contributed by atoms with E-state index >= 15 is 0 Å². The number of carbonyl (C=O) groups excluding carboxylic acids is 1. The fourth-order valence-electron chi connectivity index (χ4n) is 2.13. The van der Waals surface area contributed by atoms with Crippen molar-refractivity contribution in [1.82, 2.24) is 14.9 Å². The summed E-state index contributed by atoms with van der Waals surface area (Å²) in [5.41, 5.74) is 0.675. The number of imidazole rings is 1. The van der Waals surface area contributed by atoms with Crippen molar-refractivity contribution in [2.45, 2.75) is 6.54 Å². The van der Waals surface area contributed by atoms with E-state index < -0.39 is 5.82 Å². The van der Waals surface area contributed by atoms with Gasteiger partial charge in [0.25, 0.3) is 5.91 Å². The van der Waals surface area contributed by atoms with Crippen molar-refractivity contribution in [2.75, 3.05) is 6.54 Å². The van der Waals surface area contributed by atoms with Gasteiger partial charge in [-0.2, -0.15) is 0 Å². The summed E-state index contributed by atoms with van der Waals surface area (Å²) in [6, 6.07) is 7.24. The average Bonchev–Trinajstić information content (AvgIpc) is 3.07. The third-order valence-electron chi connectivity index (χ3n) is 3.10. The number of benzene rings is 1. The highest BCUT2D eigenvalue weighted by atomic mass is 19.1. The smallest absolute Gasteiger partial charge is 0.326 e. The molecule has 1 amide bonds. The highest BCUT2D eigenvalue weighted by molar-refractivity contribution is 5.91. The molecular formula is C14H12FN3O3. The van der Waals surface area contributed by atoms with Crippen LogP contribution in [0, 0.1) is 5.82 Å². The summed E-state index contributed by atoms with van der Waals surface area (Å²) in [5, 5.41) is 2.65. The minimum absolute atomic E-state index is 0.211. The number of aromatic amines is 1. The first kappa shape index (κ1) is 13.2. The fourth-order valence-corrected chi connectivity index (χ4v) is 2.13. The molecule has 0 atom stereocenters. The van der Waals surface area contributed by atoms with Crippen LogP contribution in [0.1, 0.15) is 10.6 Å². The Morgan fingerprint density at radius 2 is 2.24 bits per heavy atom. The number of nitrogens with one attached hydrogen (secondary N) is 2. The highest BCUT2D eigenvalue weighted by Gasteiger charge is 2.10. The van der Waals surface area contributed by atoms with Crippen LogP contribution in [0.15, 0.2) is 45.8 Å². The lowest BCUT2D eigenvalue weighted by molar-refractivity contribution is 0.0924. The molecule has 0 unspecified atom stereocenters. The zero-order valence-corrected chi connectivity index (χ0v) is 10.9. The van der Waals surface area contributed by atoms with Gasteiger partial charge in [-0.25, -0.2) is 9.18 Å². The first-order valence-corrected chi connectivity index (χ1v) is 6.35. The SMILES string of the molecule is O=C(NCCn1c(=O)[nH]c2cc(F)ccc21)c1ccco1. The molecule has 2 heterocycles. The zero-order valence-electron chi connectivity index (χ0n) is 10.9. The minimum atomic E-state index is -0.415. The van der Waals surface area contributed by atoms with Gasteiger partial charge < -0.3 is 14.7 Å². The number of amides is 1. The lowest BCUT2D eigenvalue weighted by atomic mass is 10.3. The number of fused-ring (bicyclic) bond motifs is 1. The Morgan fingerprint density at radius 3 is 3.00 bits per heavy atom. The highest BCUT2D eigenvalue weighted by Crippen LogP contribution is 2.11. The molecule has 0 aliphatic rings. The molecule has 2 aromatic heterocycles. The van der Waals surface area contributed by atoms with Crippen molar-refractivity contribution in [1.29, 1.82) is 0 Å². The van der Waals surface area contributed by atoms with E-state index in [0.717, 1.165) is 0 Å². The summed E-state index contributed by atoms with van der Waals surface area (Å²) in [7, 11) is 0. The third kappa shape index (κ3) is 2.58. The van der Waals surface area contributed by atoms with E-state index in [-0.39, 0.29) is 30.4 Å². The largest absolute Gasteiger partial charge is 0.459 e. The van der Waals surface area contributed by atoms with E-state index in [9.17, 15) is 14.0 Å². The number of rotatable bonds is 4. The molecule has 108 valence electrons.